The highest BCUT2D eigenvalue weighted by molar-refractivity contribution is 7.10. The number of thiophene rings is 1. The van der Waals surface area contributed by atoms with Crippen LogP contribution in [0.15, 0.2) is 23.6 Å². The third-order valence-electron chi connectivity index (χ3n) is 2.69. The molecule has 1 aromatic heterocycles. The van der Waals surface area contributed by atoms with Crippen molar-refractivity contribution >= 4 is 22.9 Å². The van der Waals surface area contributed by atoms with Crippen LogP contribution in [0, 0.1) is 18.6 Å². The molecule has 1 unspecified atom stereocenters. The molecule has 0 aliphatic rings. The molecule has 1 aromatic carbocycles. The topological polar surface area (TPSA) is 12.0 Å². The fourth-order valence-electron chi connectivity index (χ4n) is 1.84. The average Bonchev–Trinajstić information content (AvgIpc) is 2.61. The first kappa shape index (κ1) is 13.5. The van der Waals surface area contributed by atoms with Crippen molar-refractivity contribution in [2.75, 3.05) is 7.05 Å². The van der Waals surface area contributed by atoms with Crippen molar-refractivity contribution in [1.29, 1.82) is 0 Å². The maximum Gasteiger partial charge on any atom is 0.126 e. The van der Waals surface area contributed by atoms with Crippen molar-refractivity contribution in [3.63, 3.8) is 0 Å². The Balaban J connectivity index is 2.48. The van der Waals surface area contributed by atoms with Crippen molar-refractivity contribution in [3.05, 3.63) is 56.2 Å². The summed E-state index contributed by atoms with van der Waals surface area (Å²) in [5.41, 5.74) is 1.49. The molecule has 2 aromatic rings. The predicted molar refractivity (Wildman–Crippen MR) is 71.3 cm³/mol. The summed E-state index contributed by atoms with van der Waals surface area (Å²) in [6.07, 6.45) is 0. The largest absolute Gasteiger partial charge is 0.309 e. The van der Waals surface area contributed by atoms with Crippen molar-refractivity contribution in [2.45, 2.75) is 13.0 Å². The number of hydrogen-bond donors (Lipinski definition) is 1. The quantitative estimate of drug-likeness (QED) is 0.888. The Bertz CT molecular complexity index is 548. The molecule has 1 N–H and O–H groups in total. The summed E-state index contributed by atoms with van der Waals surface area (Å²) in [5, 5.41) is 5.61. The molecule has 0 saturated heterocycles. The monoisotopic (exact) mass is 287 g/mol. The lowest BCUT2D eigenvalue weighted by Gasteiger charge is -2.16. The minimum Gasteiger partial charge on any atom is -0.309 e. The van der Waals surface area contributed by atoms with Gasteiger partial charge in [-0.25, -0.2) is 8.78 Å². The molecular formula is C13H12ClF2NS. The first-order valence-corrected chi connectivity index (χ1v) is 6.65. The molecule has 0 radical (unpaired) electrons. The standard InChI is InChI=1S/C13H12ClF2NS/c1-7-6-18-13(11(7)14)12(17-2)8-3-9(15)5-10(16)4-8/h3-6,12,17H,1-2H3. The van der Waals surface area contributed by atoms with Gasteiger partial charge in [0, 0.05) is 10.9 Å². The van der Waals surface area contributed by atoms with E-state index < -0.39 is 11.6 Å². The number of nitrogens with one attached hydrogen (secondary N) is 1. The smallest absolute Gasteiger partial charge is 0.126 e. The van der Waals surface area contributed by atoms with Crippen LogP contribution in [0.5, 0.6) is 0 Å². The van der Waals surface area contributed by atoms with Gasteiger partial charge in [-0.05, 0) is 42.6 Å². The van der Waals surface area contributed by atoms with Gasteiger partial charge in [0.1, 0.15) is 11.6 Å². The van der Waals surface area contributed by atoms with Crippen molar-refractivity contribution in [3.8, 4) is 0 Å². The molecule has 1 heterocycles. The highest BCUT2D eigenvalue weighted by atomic mass is 35.5. The van der Waals surface area contributed by atoms with Gasteiger partial charge in [0.15, 0.2) is 0 Å². The minimum absolute atomic E-state index is 0.304. The van der Waals surface area contributed by atoms with E-state index in [4.69, 9.17) is 11.6 Å². The Morgan fingerprint density at radius 2 is 1.83 bits per heavy atom. The summed E-state index contributed by atoms with van der Waals surface area (Å²) in [7, 11) is 1.73. The lowest BCUT2D eigenvalue weighted by atomic mass is 10.0. The summed E-state index contributed by atoms with van der Waals surface area (Å²) in [5.74, 6) is -1.18. The molecule has 1 atom stereocenters. The van der Waals surface area contributed by atoms with E-state index in [9.17, 15) is 8.78 Å². The van der Waals surface area contributed by atoms with Crippen LogP contribution in [0.4, 0.5) is 8.78 Å². The lowest BCUT2D eigenvalue weighted by Crippen LogP contribution is -2.17. The normalized spacial score (nSPS) is 12.7. The number of benzene rings is 1. The SMILES string of the molecule is CNC(c1cc(F)cc(F)c1)c1scc(C)c1Cl. The molecule has 0 aliphatic carbocycles. The van der Waals surface area contributed by atoms with E-state index in [1.807, 2.05) is 12.3 Å². The molecule has 5 heteroatoms. The van der Waals surface area contributed by atoms with Gasteiger partial charge >= 0.3 is 0 Å². The van der Waals surface area contributed by atoms with Crippen LogP contribution in [0.2, 0.25) is 5.02 Å². The highest BCUT2D eigenvalue weighted by Gasteiger charge is 2.19. The van der Waals surface area contributed by atoms with Gasteiger partial charge in [0.25, 0.3) is 0 Å². The summed E-state index contributed by atoms with van der Waals surface area (Å²) < 4.78 is 26.5. The van der Waals surface area contributed by atoms with E-state index in [0.717, 1.165) is 16.5 Å². The van der Waals surface area contributed by atoms with E-state index in [-0.39, 0.29) is 6.04 Å². The van der Waals surface area contributed by atoms with Gasteiger partial charge in [-0.2, -0.15) is 0 Å². The van der Waals surface area contributed by atoms with E-state index in [1.54, 1.807) is 7.05 Å². The summed E-state index contributed by atoms with van der Waals surface area (Å²) >= 11 is 7.67. The molecule has 0 spiro atoms. The number of aryl methyl sites for hydroxylation is 1. The summed E-state index contributed by atoms with van der Waals surface area (Å²) in [4.78, 5) is 0.863. The minimum atomic E-state index is -0.588. The van der Waals surface area contributed by atoms with Crippen LogP contribution >= 0.6 is 22.9 Å². The molecule has 0 fully saturated rings. The van der Waals surface area contributed by atoms with Gasteiger partial charge in [-0.1, -0.05) is 11.6 Å². The first-order chi connectivity index (χ1) is 8.52. The molecule has 0 amide bonds. The molecular weight excluding hydrogens is 276 g/mol. The number of rotatable bonds is 3. The van der Waals surface area contributed by atoms with Gasteiger partial charge in [-0.15, -0.1) is 11.3 Å². The molecule has 0 saturated carbocycles. The van der Waals surface area contributed by atoms with E-state index in [2.05, 4.69) is 5.32 Å². The zero-order chi connectivity index (χ0) is 13.3. The van der Waals surface area contributed by atoms with E-state index in [1.165, 1.54) is 23.5 Å². The van der Waals surface area contributed by atoms with Gasteiger partial charge in [0.05, 0.1) is 11.1 Å². The Labute approximate surface area is 113 Å². The van der Waals surface area contributed by atoms with Crippen LogP contribution in [-0.4, -0.2) is 7.05 Å². The molecule has 18 heavy (non-hydrogen) atoms. The second-order valence-corrected chi connectivity index (χ2v) is 5.31. The third-order valence-corrected chi connectivity index (χ3v) is 4.47. The zero-order valence-electron chi connectivity index (χ0n) is 9.93. The second-order valence-electron chi connectivity index (χ2n) is 4.02. The third kappa shape index (κ3) is 2.55. The van der Waals surface area contributed by atoms with Crippen molar-refractivity contribution in [2.24, 2.45) is 0 Å². The van der Waals surface area contributed by atoms with Gasteiger partial charge < -0.3 is 5.32 Å². The van der Waals surface area contributed by atoms with Crippen LogP contribution in [0.3, 0.4) is 0 Å². The number of hydrogen-bond acceptors (Lipinski definition) is 2. The summed E-state index contributed by atoms with van der Waals surface area (Å²) in [6.45, 7) is 1.90. The Morgan fingerprint density at radius 3 is 2.28 bits per heavy atom. The molecule has 1 nitrogen and oxygen atoms in total. The zero-order valence-corrected chi connectivity index (χ0v) is 11.5. The maximum absolute atomic E-state index is 13.2. The Kier molecular flexibility index (Phi) is 4.00. The van der Waals surface area contributed by atoms with Crippen LogP contribution in [-0.2, 0) is 0 Å². The van der Waals surface area contributed by atoms with Crippen LogP contribution in [0.25, 0.3) is 0 Å². The Morgan fingerprint density at radius 1 is 1.22 bits per heavy atom. The van der Waals surface area contributed by atoms with E-state index in [0.29, 0.717) is 10.6 Å². The summed E-state index contributed by atoms with van der Waals surface area (Å²) in [6, 6.07) is 3.18. The maximum atomic E-state index is 13.2. The molecule has 0 aliphatic heterocycles. The average molecular weight is 288 g/mol. The lowest BCUT2D eigenvalue weighted by molar-refractivity contribution is 0.572. The fraction of sp³-hybridized carbons (Fsp3) is 0.231. The highest BCUT2D eigenvalue weighted by Crippen LogP contribution is 2.35. The molecule has 2 rings (SSSR count). The van der Waals surface area contributed by atoms with Crippen LogP contribution < -0.4 is 5.32 Å². The first-order valence-electron chi connectivity index (χ1n) is 5.39. The van der Waals surface area contributed by atoms with Crippen LogP contribution in [0.1, 0.15) is 22.0 Å². The Hall–Kier alpha value is -0.970. The number of halogens is 3. The van der Waals surface area contributed by atoms with Gasteiger partial charge in [0.2, 0.25) is 0 Å². The van der Waals surface area contributed by atoms with Crippen molar-refractivity contribution < 1.29 is 8.78 Å². The fourth-order valence-corrected chi connectivity index (χ4v) is 3.27. The predicted octanol–water partition coefficient (Wildman–Crippen LogP) is 4.30. The van der Waals surface area contributed by atoms with Crippen molar-refractivity contribution in [1.82, 2.24) is 5.32 Å². The van der Waals surface area contributed by atoms with E-state index >= 15 is 0 Å². The molecule has 0 bridgehead atoms. The second kappa shape index (κ2) is 5.34. The molecule has 96 valence electrons. The van der Waals surface area contributed by atoms with Gasteiger partial charge in [-0.3, -0.25) is 0 Å².